The van der Waals surface area contributed by atoms with Crippen LogP contribution in [0, 0.1) is 11.3 Å². The van der Waals surface area contributed by atoms with Crippen molar-refractivity contribution in [3.05, 3.63) is 42.0 Å². The molecule has 0 unspecified atom stereocenters. The maximum absolute atomic E-state index is 13.0. The van der Waals surface area contributed by atoms with Crippen molar-refractivity contribution in [2.45, 2.75) is 64.2 Å². The lowest BCUT2D eigenvalue weighted by molar-refractivity contribution is -0.164. The Morgan fingerprint density at radius 2 is 2.20 bits per heavy atom. The highest BCUT2D eigenvalue weighted by atomic mass is 16.5. The molecule has 0 radical (unpaired) electrons. The van der Waals surface area contributed by atoms with Gasteiger partial charge >= 0.3 is 5.97 Å². The summed E-state index contributed by atoms with van der Waals surface area (Å²) in [6, 6.07) is 5.74. The number of allylic oxidation sites excluding steroid dienone is 1. The number of aryl methyl sites for hydroxylation is 1. The van der Waals surface area contributed by atoms with Crippen LogP contribution in [-0.4, -0.2) is 17.7 Å². The van der Waals surface area contributed by atoms with Crippen molar-refractivity contribution in [1.82, 2.24) is 0 Å². The Morgan fingerprint density at radius 1 is 1.40 bits per heavy atom. The summed E-state index contributed by atoms with van der Waals surface area (Å²) in [5.41, 5.74) is 2.04. The molecule has 3 heteroatoms. The highest BCUT2D eigenvalue weighted by Gasteiger charge is 2.55. The van der Waals surface area contributed by atoms with Crippen LogP contribution in [0.1, 0.15) is 63.5 Å². The second-order valence-corrected chi connectivity index (χ2v) is 8.19. The van der Waals surface area contributed by atoms with E-state index in [2.05, 4.69) is 20.4 Å². The van der Waals surface area contributed by atoms with Gasteiger partial charge in [-0.2, -0.15) is 0 Å². The fraction of sp³-hybridized carbons (Fsp3) is 0.591. The molecule has 0 spiro atoms. The topological polar surface area (TPSA) is 46.5 Å². The highest BCUT2D eigenvalue weighted by molar-refractivity contribution is 5.77. The third kappa shape index (κ3) is 3.09. The highest BCUT2D eigenvalue weighted by Crippen LogP contribution is 2.57. The van der Waals surface area contributed by atoms with Crippen molar-refractivity contribution in [3.63, 3.8) is 0 Å². The molecular formula is C22H30O3. The number of hydrogen-bond acceptors (Lipinski definition) is 3. The molecule has 0 saturated heterocycles. The zero-order valence-electron chi connectivity index (χ0n) is 15.5. The minimum atomic E-state index is -0.440. The van der Waals surface area contributed by atoms with E-state index < -0.39 is 5.41 Å². The van der Waals surface area contributed by atoms with E-state index in [-0.39, 0.29) is 17.3 Å². The van der Waals surface area contributed by atoms with E-state index in [9.17, 15) is 9.90 Å². The number of fused-ring (bicyclic) bond motifs is 3. The predicted molar refractivity (Wildman–Crippen MR) is 99.6 cm³/mol. The van der Waals surface area contributed by atoms with Crippen LogP contribution in [-0.2, 0) is 21.4 Å². The lowest BCUT2D eigenvalue weighted by atomic mass is 9.50. The lowest BCUT2D eigenvalue weighted by Crippen LogP contribution is -2.52. The summed E-state index contributed by atoms with van der Waals surface area (Å²) >= 11 is 0. The van der Waals surface area contributed by atoms with Crippen molar-refractivity contribution in [2.75, 3.05) is 6.61 Å². The summed E-state index contributed by atoms with van der Waals surface area (Å²) in [5, 5.41) is 10.00. The maximum Gasteiger partial charge on any atom is 0.312 e. The smallest absolute Gasteiger partial charge is 0.312 e. The monoisotopic (exact) mass is 342 g/mol. The Labute approximate surface area is 151 Å². The molecule has 3 nitrogen and oxygen atoms in total. The van der Waals surface area contributed by atoms with E-state index in [0.717, 1.165) is 44.9 Å². The molecule has 0 heterocycles. The van der Waals surface area contributed by atoms with Gasteiger partial charge in [0.05, 0.1) is 12.0 Å². The number of phenols is 1. The molecule has 0 amide bonds. The molecule has 1 saturated carbocycles. The third-order valence-corrected chi connectivity index (χ3v) is 6.59. The number of ether oxygens (including phenoxy) is 1. The van der Waals surface area contributed by atoms with Crippen LogP contribution in [0.25, 0.3) is 0 Å². The average Bonchev–Trinajstić information content (AvgIpc) is 2.59. The van der Waals surface area contributed by atoms with Crippen LogP contribution in [0.2, 0.25) is 0 Å². The minimum absolute atomic E-state index is 0.0453. The van der Waals surface area contributed by atoms with E-state index in [1.165, 1.54) is 11.1 Å². The average molecular weight is 342 g/mol. The van der Waals surface area contributed by atoms with Gasteiger partial charge in [-0.1, -0.05) is 25.5 Å². The molecule has 1 fully saturated rings. The summed E-state index contributed by atoms with van der Waals surface area (Å²) in [5.74, 6) is 0.533. The van der Waals surface area contributed by atoms with Gasteiger partial charge in [-0.3, -0.25) is 4.79 Å². The van der Waals surface area contributed by atoms with Gasteiger partial charge in [0.15, 0.2) is 0 Å². The second kappa shape index (κ2) is 6.86. The molecule has 136 valence electrons. The van der Waals surface area contributed by atoms with E-state index in [1.54, 1.807) is 6.07 Å². The fourth-order valence-corrected chi connectivity index (χ4v) is 5.25. The molecule has 0 bridgehead atoms. The molecule has 0 aliphatic heterocycles. The SMILES string of the molecule is C=CCCCOC(=O)[C@@]1(C)CCC[C@]2(C)c3cc(O)ccc3CC[C@@H]12. The molecule has 1 aromatic carbocycles. The number of carbonyl (C=O) groups is 1. The summed E-state index contributed by atoms with van der Waals surface area (Å²) in [6.07, 6.45) is 8.51. The van der Waals surface area contributed by atoms with Crippen LogP contribution in [0.15, 0.2) is 30.9 Å². The molecule has 1 N–H and O–H groups in total. The van der Waals surface area contributed by atoms with Crippen molar-refractivity contribution in [1.29, 1.82) is 0 Å². The standard InChI is InChI=1S/C22H30O3/c1-4-5-6-14-25-20(24)22(3)13-7-12-21(2)18-15-17(23)10-8-16(18)9-11-19(21)22/h4,8,10,15,19,23H,1,5-7,9,11-14H2,2-3H3/t19-,21-,22+/m1/s1. The van der Waals surface area contributed by atoms with Gasteiger partial charge < -0.3 is 9.84 Å². The van der Waals surface area contributed by atoms with Crippen molar-refractivity contribution < 1.29 is 14.6 Å². The molecule has 3 rings (SSSR count). The van der Waals surface area contributed by atoms with Gasteiger partial charge in [-0.05, 0) is 80.0 Å². The predicted octanol–water partition coefficient (Wildman–Crippen LogP) is 4.91. The maximum atomic E-state index is 13.0. The molecule has 2 aliphatic rings. The molecule has 2 aliphatic carbocycles. The van der Waals surface area contributed by atoms with Gasteiger partial charge in [0.25, 0.3) is 0 Å². The second-order valence-electron chi connectivity index (χ2n) is 8.19. The Morgan fingerprint density at radius 3 is 2.96 bits per heavy atom. The van der Waals surface area contributed by atoms with Crippen LogP contribution in [0.3, 0.4) is 0 Å². The van der Waals surface area contributed by atoms with E-state index in [1.807, 2.05) is 18.2 Å². The Hall–Kier alpha value is -1.77. The number of carbonyl (C=O) groups excluding carboxylic acids is 1. The number of hydrogen-bond donors (Lipinski definition) is 1. The number of aromatic hydroxyl groups is 1. The largest absolute Gasteiger partial charge is 0.508 e. The first-order valence-corrected chi connectivity index (χ1v) is 9.52. The Kier molecular flexibility index (Phi) is 4.95. The molecule has 1 aromatic rings. The molecular weight excluding hydrogens is 312 g/mol. The first-order chi connectivity index (χ1) is 11.9. The summed E-state index contributed by atoms with van der Waals surface area (Å²) < 4.78 is 5.66. The fourth-order valence-electron chi connectivity index (χ4n) is 5.25. The summed E-state index contributed by atoms with van der Waals surface area (Å²) in [4.78, 5) is 13.0. The van der Waals surface area contributed by atoms with E-state index >= 15 is 0 Å². The van der Waals surface area contributed by atoms with Crippen LogP contribution >= 0.6 is 0 Å². The molecule has 0 aromatic heterocycles. The van der Waals surface area contributed by atoms with Crippen molar-refractivity contribution >= 4 is 5.97 Å². The van der Waals surface area contributed by atoms with E-state index in [4.69, 9.17) is 4.74 Å². The lowest BCUT2D eigenvalue weighted by Gasteiger charge is -2.54. The van der Waals surface area contributed by atoms with Crippen LogP contribution in [0.4, 0.5) is 0 Å². The Balaban J connectivity index is 1.87. The first-order valence-electron chi connectivity index (χ1n) is 9.52. The number of unbranched alkanes of at least 4 members (excludes halogenated alkanes) is 1. The van der Waals surface area contributed by atoms with Gasteiger partial charge in [0.1, 0.15) is 5.75 Å². The van der Waals surface area contributed by atoms with Gasteiger partial charge in [-0.15, -0.1) is 6.58 Å². The van der Waals surface area contributed by atoms with Crippen LogP contribution < -0.4 is 0 Å². The van der Waals surface area contributed by atoms with Crippen molar-refractivity contribution in [2.24, 2.45) is 11.3 Å². The summed E-state index contributed by atoms with van der Waals surface area (Å²) in [6.45, 7) is 8.56. The number of rotatable bonds is 5. The molecule has 3 atom stereocenters. The number of esters is 1. The van der Waals surface area contributed by atoms with Crippen molar-refractivity contribution in [3.8, 4) is 5.75 Å². The first kappa shape index (κ1) is 18.0. The number of benzene rings is 1. The van der Waals surface area contributed by atoms with Crippen LogP contribution in [0.5, 0.6) is 5.75 Å². The quantitative estimate of drug-likeness (QED) is 0.470. The van der Waals surface area contributed by atoms with Gasteiger partial charge in [0.2, 0.25) is 0 Å². The van der Waals surface area contributed by atoms with Gasteiger partial charge in [-0.25, -0.2) is 0 Å². The summed E-state index contributed by atoms with van der Waals surface area (Å²) in [7, 11) is 0. The van der Waals surface area contributed by atoms with Gasteiger partial charge in [0, 0.05) is 0 Å². The zero-order chi connectivity index (χ0) is 18.1. The molecule has 25 heavy (non-hydrogen) atoms. The third-order valence-electron chi connectivity index (χ3n) is 6.59. The Bertz CT molecular complexity index is 665. The van der Waals surface area contributed by atoms with E-state index in [0.29, 0.717) is 12.4 Å². The normalized spacial score (nSPS) is 30.9. The zero-order valence-corrected chi connectivity index (χ0v) is 15.5. The number of phenolic OH excluding ortho intramolecular Hbond substituents is 1. The minimum Gasteiger partial charge on any atom is -0.508 e.